The standard InChI is InChI=1S/C17H26N2OS/c1-4-14(9-12-5-6-12)19-16(13-7-8-21-10-13)18-15(11(2)3)17(19)20/h7-8,10-12,14-16,18H,4-6,9H2,1-3H3. The molecule has 1 aliphatic carbocycles. The quantitative estimate of drug-likeness (QED) is 0.867. The van der Waals surface area contributed by atoms with Gasteiger partial charge in [-0.05, 0) is 47.1 Å². The molecule has 2 fully saturated rings. The van der Waals surface area contributed by atoms with Crippen LogP contribution in [0.5, 0.6) is 0 Å². The van der Waals surface area contributed by atoms with Gasteiger partial charge >= 0.3 is 0 Å². The van der Waals surface area contributed by atoms with E-state index in [0.29, 0.717) is 17.9 Å². The van der Waals surface area contributed by atoms with Crippen molar-refractivity contribution >= 4 is 17.2 Å². The maximum absolute atomic E-state index is 12.9. The smallest absolute Gasteiger partial charge is 0.241 e. The van der Waals surface area contributed by atoms with Gasteiger partial charge in [0.05, 0.1) is 6.04 Å². The zero-order chi connectivity index (χ0) is 15.0. The van der Waals surface area contributed by atoms with Gasteiger partial charge in [-0.3, -0.25) is 10.1 Å². The van der Waals surface area contributed by atoms with Gasteiger partial charge in [-0.2, -0.15) is 11.3 Å². The lowest BCUT2D eigenvalue weighted by Gasteiger charge is -2.32. The summed E-state index contributed by atoms with van der Waals surface area (Å²) in [5.74, 6) is 1.49. The van der Waals surface area contributed by atoms with Crippen LogP contribution in [0.1, 0.15) is 58.2 Å². The van der Waals surface area contributed by atoms with E-state index in [9.17, 15) is 4.79 Å². The number of thiophene rings is 1. The van der Waals surface area contributed by atoms with Crippen molar-refractivity contribution in [2.75, 3.05) is 0 Å². The van der Waals surface area contributed by atoms with Gasteiger partial charge in [-0.25, -0.2) is 0 Å². The normalized spacial score (nSPS) is 27.6. The molecule has 3 rings (SSSR count). The number of carbonyl (C=O) groups is 1. The molecule has 1 saturated heterocycles. The molecule has 0 bridgehead atoms. The minimum atomic E-state index is -0.0387. The Labute approximate surface area is 131 Å². The van der Waals surface area contributed by atoms with E-state index in [0.717, 1.165) is 12.3 Å². The summed E-state index contributed by atoms with van der Waals surface area (Å²) in [5, 5.41) is 7.86. The SMILES string of the molecule is CCC(CC1CC1)N1C(=O)C(C(C)C)NC1c1ccsc1. The van der Waals surface area contributed by atoms with E-state index >= 15 is 0 Å². The highest BCUT2D eigenvalue weighted by molar-refractivity contribution is 7.07. The van der Waals surface area contributed by atoms with E-state index in [-0.39, 0.29) is 12.2 Å². The van der Waals surface area contributed by atoms with Gasteiger partial charge in [0, 0.05) is 6.04 Å². The number of nitrogens with one attached hydrogen (secondary N) is 1. The zero-order valence-electron chi connectivity index (χ0n) is 13.2. The lowest BCUT2D eigenvalue weighted by Crippen LogP contribution is -2.40. The fourth-order valence-corrected chi connectivity index (χ4v) is 4.06. The second-order valence-electron chi connectivity index (χ2n) is 6.83. The van der Waals surface area contributed by atoms with E-state index in [4.69, 9.17) is 0 Å². The predicted molar refractivity (Wildman–Crippen MR) is 87.1 cm³/mol. The van der Waals surface area contributed by atoms with Crippen molar-refractivity contribution in [2.45, 2.75) is 64.7 Å². The first-order valence-corrected chi connectivity index (χ1v) is 9.16. The molecular weight excluding hydrogens is 280 g/mol. The molecular formula is C17H26N2OS. The van der Waals surface area contributed by atoms with Crippen LogP contribution in [0.2, 0.25) is 0 Å². The Bertz CT molecular complexity index is 481. The molecule has 2 heterocycles. The van der Waals surface area contributed by atoms with E-state index in [1.807, 2.05) is 0 Å². The Morgan fingerprint density at radius 1 is 1.43 bits per heavy atom. The molecule has 0 radical (unpaired) electrons. The van der Waals surface area contributed by atoms with Crippen LogP contribution in [0.15, 0.2) is 16.8 Å². The summed E-state index contributed by atoms with van der Waals surface area (Å²) >= 11 is 1.71. The Morgan fingerprint density at radius 3 is 2.71 bits per heavy atom. The number of hydrogen-bond donors (Lipinski definition) is 1. The molecule has 2 aliphatic rings. The van der Waals surface area contributed by atoms with E-state index in [1.54, 1.807) is 11.3 Å². The highest BCUT2D eigenvalue weighted by Gasteiger charge is 2.44. The van der Waals surface area contributed by atoms with Crippen molar-refractivity contribution < 1.29 is 4.79 Å². The van der Waals surface area contributed by atoms with Crippen molar-refractivity contribution in [1.29, 1.82) is 0 Å². The second kappa shape index (κ2) is 6.09. The van der Waals surface area contributed by atoms with Crippen LogP contribution in [0, 0.1) is 11.8 Å². The molecule has 116 valence electrons. The summed E-state index contributed by atoms with van der Waals surface area (Å²) in [6.07, 6.45) is 5.00. The van der Waals surface area contributed by atoms with Crippen LogP contribution in [0.4, 0.5) is 0 Å². The van der Waals surface area contributed by atoms with Crippen molar-refractivity contribution in [1.82, 2.24) is 10.2 Å². The predicted octanol–water partition coefficient (Wildman–Crippen LogP) is 3.78. The Kier molecular flexibility index (Phi) is 4.36. The van der Waals surface area contributed by atoms with Gasteiger partial charge in [0.1, 0.15) is 6.17 Å². The summed E-state index contributed by atoms with van der Waals surface area (Å²) in [6.45, 7) is 6.48. The first kappa shape index (κ1) is 15.0. The fraction of sp³-hybridized carbons (Fsp3) is 0.706. The zero-order valence-corrected chi connectivity index (χ0v) is 14.0. The van der Waals surface area contributed by atoms with Gasteiger partial charge in [-0.1, -0.05) is 33.6 Å². The largest absolute Gasteiger partial charge is 0.319 e. The number of rotatable bonds is 6. The Hall–Kier alpha value is -0.870. The van der Waals surface area contributed by atoms with Crippen LogP contribution in [0.25, 0.3) is 0 Å². The van der Waals surface area contributed by atoms with Crippen LogP contribution in [-0.4, -0.2) is 22.9 Å². The molecule has 1 amide bonds. The second-order valence-corrected chi connectivity index (χ2v) is 7.61. The molecule has 3 atom stereocenters. The van der Waals surface area contributed by atoms with E-state index in [1.165, 1.54) is 24.8 Å². The Morgan fingerprint density at radius 2 is 2.19 bits per heavy atom. The highest BCUT2D eigenvalue weighted by atomic mass is 32.1. The molecule has 1 aromatic heterocycles. The lowest BCUT2D eigenvalue weighted by atomic mass is 10.0. The van der Waals surface area contributed by atoms with E-state index < -0.39 is 0 Å². The summed E-state index contributed by atoms with van der Waals surface area (Å²) in [6, 6.07) is 2.49. The summed E-state index contributed by atoms with van der Waals surface area (Å²) in [4.78, 5) is 15.1. The molecule has 21 heavy (non-hydrogen) atoms. The first-order chi connectivity index (χ1) is 10.1. The summed E-state index contributed by atoms with van der Waals surface area (Å²) < 4.78 is 0. The van der Waals surface area contributed by atoms with Crippen LogP contribution < -0.4 is 5.32 Å². The monoisotopic (exact) mass is 306 g/mol. The van der Waals surface area contributed by atoms with Crippen LogP contribution >= 0.6 is 11.3 Å². The first-order valence-electron chi connectivity index (χ1n) is 8.22. The number of carbonyl (C=O) groups excluding carboxylic acids is 1. The third-order valence-electron chi connectivity index (χ3n) is 4.83. The van der Waals surface area contributed by atoms with Gasteiger partial charge < -0.3 is 4.90 Å². The van der Waals surface area contributed by atoms with Gasteiger partial charge in [-0.15, -0.1) is 0 Å². The average molecular weight is 306 g/mol. The Balaban J connectivity index is 1.86. The van der Waals surface area contributed by atoms with Crippen LogP contribution in [0.3, 0.4) is 0 Å². The molecule has 0 spiro atoms. The third kappa shape index (κ3) is 3.02. The third-order valence-corrected chi connectivity index (χ3v) is 5.53. The average Bonchev–Trinajstić information content (AvgIpc) is 2.98. The molecule has 0 aromatic carbocycles. The molecule has 4 heteroatoms. The number of amides is 1. The van der Waals surface area contributed by atoms with Gasteiger partial charge in [0.15, 0.2) is 0 Å². The minimum absolute atomic E-state index is 0.0387. The number of hydrogen-bond acceptors (Lipinski definition) is 3. The van der Waals surface area contributed by atoms with Crippen LogP contribution in [-0.2, 0) is 4.79 Å². The number of nitrogens with zero attached hydrogens (tertiary/aromatic N) is 1. The maximum atomic E-state index is 12.9. The topological polar surface area (TPSA) is 32.3 Å². The molecule has 1 N–H and O–H groups in total. The van der Waals surface area contributed by atoms with Crippen molar-refractivity contribution in [3.8, 4) is 0 Å². The summed E-state index contributed by atoms with van der Waals surface area (Å²) in [7, 11) is 0. The summed E-state index contributed by atoms with van der Waals surface area (Å²) in [5.41, 5.74) is 1.24. The van der Waals surface area contributed by atoms with E-state index in [2.05, 4.69) is 47.8 Å². The van der Waals surface area contributed by atoms with Crippen molar-refractivity contribution in [3.63, 3.8) is 0 Å². The molecule has 1 aliphatic heterocycles. The fourth-order valence-electron chi connectivity index (χ4n) is 3.38. The maximum Gasteiger partial charge on any atom is 0.241 e. The molecule has 1 saturated carbocycles. The molecule has 1 aromatic rings. The van der Waals surface area contributed by atoms with Gasteiger partial charge in [0.25, 0.3) is 0 Å². The van der Waals surface area contributed by atoms with Gasteiger partial charge in [0.2, 0.25) is 5.91 Å². The van der Waals surface area contributed by atoms with Crippen molar-refractivity contribution in [2.24, 2.45) is 11.8 Å². The highest BCUT2D eigenvalue weighted by Crippen LogP contribution is 2.39. The molecule has 3 unspecified atom stereocenters. The molecule has 3 nitrogen and oxygen atoms in total. The minimum Gasteiger partial charge on any atom is -0.319 e. The lowest BCUT2D eigenvalue weighted by molar-refractivity contribution is -0.133. The van der Waals surface area contributed by atoms with Crippen molar-refractivity contribution in [3.05, 3.63) is 22.4 Å².